The highest BCUT2D eigenvalue weighted by molar-refractivity contribution is 9.10. The number of anilines is 1. The van der Waals surface area contributed by atoms with Crippen LogP contribution in [0.3, 0.4) is 0 Å². The van der Waals surface area contributed by atoms with E-state index in [4.69, 9.17) is 11.6 Å². The van der Waals surface area contributed by atoms with Crippen molar-refractivity contribution in [3.8, 4) is 0 Å². The number of carbonyl (C=O) groups excluding carboxylic acids is 3. The van der Waals surface area contributed by atoms with Crippen LogP contribution in [-0.2, 0) is 0 Å². The third-order valence-corrected chi connectivity index (χ3v) is 7.28. The van der Waals surface area contributed by atoms with Crippen LogP contribution in [0.4, 0.5) is 5.69 Å². The first-order valence-corrected chi connectivity index (χ1v) is 12.2. The van der Waals surface area contributed by atoms with Crippen LogP contribution in [-0.4, -0.2) is 17.7 Å². The Balaban J connectivity index is 1.38. The number of hydrogen-bond acceptors (Lipinski definition) is 4. The van der Waals surface area contributed by atoms with Gasteiger partial charge in [-0.1, -0.05) is 49.5 Å². The van der Waals surface area contributed by atoms with E-state index in [9.17, 15) is 14.4 Å². The number of fused-ring (bicyclic) bond motifs is 1. The van der Waals surface area contributed by atoms with Crippen molar-refractivity contribution in [2.24, 2.45) is 0 Å². The number of halogens is 3. The zero-order valence-electron chi connectivity index (χ0n) is 16.6. The Hall–Kier alpha value is -2.72. The van der Waals surface area contributed by atoms with Gasteiger partial charge >= 0.3 is 0 Å². The van der Waals surface area contributed by atoms with Gasteiger partial charge in [-0.25, -0.2) is 0 Å². The molecule has 33 heavy (non-hydrogen) atoms. The number of amides is 3. The van der Waals surface area contributed by atoms with E-state index in [0.29, 0.717) is 26.7 Å². The Labute approximate surface area is 214 Å². The molecule has 0 spiro atoms. The molecule has 4 rings (SSSR count). The first-order chi connectivity index (χ1) is 15.8. The fourth-order valence-corrected chi connectivity index (χ4v) is 5.17. The minimum atomic E-state index is -0.489. The monoisotopic (exact) mass is 605 g/mol. The maximum atomic E-state index is 12.7. The van der Waals surface area contributed by atoms with Crippen molar-refractivity contribution in [1.29, 1.82) is 0 Å². The minimum absolute atomic E-state index is 0.314. The number of rotatable bonds is 4. The maximum absolute atomic E-state index is 12.7. The van der Waals surface area contributed by atoms with Crippen LogP contribution in [0.1, 0.15) is 30.4 Å². The van der Waals surface area contributed by atoms with Crippen molar-refractivity contribution < 1.29 is 14.4 Å². The van der Waals surface area contributed by atoms with Crippen molar-refractivity contribution in [3.63, 3.8) is 0 Å². The zero-order chi connectivity index (χ0) is 23.5. The average Bonchev–Trinajstić information content (AvgIpc) is 3.13. The summed E-state index contributed by atoms with van der Waals surface area (Å²) in [6.45, 7) is 0. The van der Waals surface area contributed by atoms with Crippen molar-refractivity contribution in [3.05, 3.63) is 96.7 Å². The topological polar surface area (TPSA) is 87.3 Å². The lowest BCUT2D eigenvalue weighted by Crippen LogP contribution is -2.41. The van der Waals surface area contributed by atoms with Crippen LogP contribution < -0.4 is 16.2 Å². The summed E-state index contributed by atoms with van der Waals surface area (Å²) in [4.78, 5) is 37.6. The molecule has 0 saturated heterocycles. The molecule has 0 aliphatic heterocycles. The summed E-state index contributed by atoms with van der Waals surface area (Å²) in [5.41, 5.74) is 5.96. The Bertz CT molecular complexity index is 1370. The van der Waals surface area contributed by atoms with Gasteiger partial charge in [-0.15, -0.1) is 11.3 Å². The molecular formula is C23H14Br2ClN3O3S. The largest absolute Gasteiger partial charge is 0.321 e. The van der Waals surface area contributed by atoms with Gasteiger partial charge in [0.2, 0.25) is 0 Å². The molecule has 0 unspecified atom stereocenters. The lowest BCUT2D eigenvalue weighted by molar-refractivity contribution is 0.0846. The first-order valence-electron chi connectivity index (χ1n) is 9.47. The molecule has 1 aromatic heterocycles. The van der Waals surface area contributed by atoms with Crippen molar-refractivity contribution in [1.82, 2.24) is 10.9 Å². The summed E-state index contributed by atoms with van der Waals surface area (Å²) in [5.74, 6) is -1.26. The molecule has 0 radical (unpaired) electrons. The number of benzene rings is 3. The highest BCUT2D eigenvalue weighted by Crippen LogP contribution is 2.37. The second kappa shape index (κ2) is 10.0. The molecule has 0 bridgehead atoms. The van der Waals surface area contributed by atoms with E-state index in [-0.39, 0.29) is 5.91 Å². The third-order valence-electron chi connectivity index (χ3n) is 4.60. The first kappa shape index (κ1) is 23.4. The Morgan fingerprint density at radius 1 is 0.727 bits per heavy atom. The fraction of sp³-hybridized carbons (Fsp3) is 0. The van der Waals surface area contributed by atoms with Crippen LogP contribution >= 0.6 is 54.8 Å². The predicted octanol–water partition coefficient (Wildman–Crippen LogP) is 6.41. The van der Waals surface area contributed by atoms with E-state index >= 15 is 0 Å². The van der Waals surface area contributed by atoms with Crippen molar-refractivity contribution in [2.75, 3.05) is 5.32 Å². The van der Waals surface area contributed by atoms with E-state index in [1.54, 1.807) is 48.5 Å². The van der Waals surface area contributed by atoms with Gasteiger partial charge in [0.25, 0.3) is 17.7 Å². The van der Waals surface area contributed by atoms with Gasteiger partial charge in [0.1, 0.15) is 4.88 Å². The van der Waals surface area contributed by atoms with Gasteiger partial charge in [0, 0.05) is 35.8 Å². The summed E-state index contributed by atoms with van der Waals surface area (Å²) in [6, 6.07) is 18.6. The molecule has 4 aromatic rings. The SMILES string of the molecule is O=C(NNC(=O)c1ccc(NC(=O)c2sc3cc(Br)ccc3c2Cl)cc1)c1ccc(Br)cc1. The highest BCUT2D eigenvalue weighted by atomic mass is 79.9. The summed E-state index contributed by atoms with van der Waals surface area (Å²) in [7, 11) is 0. The highest BCUT2D eigenvalue weighted by Gasteiger charge is 2.18. The Kier molecular flexibility index (Phi) is 7.14. The van der Waals surface area contributed by atoms with Crippen LogP contribution in [0.2, 0.25) is 5.02 Å². The van der Waals surface area contributed by atoms with E-state index < -0.39 is 11.8 Å². The molecule has 3 amide bonds. The number of thiophene rings is 1. The lowest BCUT2D eigenvalue weighted by atomic mass is 10.2. The molecule has 0 aliphatic carbocycles. The molecule has 166 valence electrons. The molecule has 6 nitrogen and oxygen atoms in total. The number of carbonyl (C=O) groups is 3. The molecule has 3 aromatic carbocycles. The lowest BCUT2D eigenvalue weighted by Gasteiger charge is -2.09. The van der Waals surface area contributed by atoms with E-state index in [1.165, 1.54) is 11.3 Å². The smallest absolute Gasteiger partial charge is 0.269 e. The molecule has 0 saturated carbocycles. The van der Waals surface area contributed by atoms with Gasteiger partial charge in [0.15, 0.2) is 0 Å². The van der Waals surface area contributed by atoms with E-state index in [2.05, 4.69) is 48.0 Å². The summed E-state index contributed by atoms with van der Waals surface area (Å²) in [5, 5.41) is 4.00. The second-order valence-corrected chi connectivity index (χ2v) is 10.1. The summed E-state index contributed by atoms with van der Waals surface area (Å²) >= 11 is 14.4. The zero-order valence-corrected chi connectivity index (χ0v) is 21.4. The number of hydrazine groups is 1. The molecular weight excluding hydrogens is 594 g/mol. The maximum Gasteiger partial charge on any atom is 0.269 e. The van der Waals surface area contributed by atoms with E-state index in [0.717, 1.165) is 19.0 Å². The van der Waals surface area contributed by atoms with Crippen LogP contribution in [0, 0.1) is 0 Å². The third kappa shape index (κ3) is 5.44. The second-order valence-electron chi connectivity index (χ2n) is 6.83. The van der Waals surface area contributed by atoms with Crippen LogP contribution in [0.5, 0.6) is 0 Å². The molecule has 0 atom stereocenters. The van der Waals surface area contributed by atoms with E-state index in [1.807, 2.05) is 18.2 Å². The number of hydrogen-bond donors (Lipinski definition) is 3. The summed E-state index contributed by atoms with van der Waals surface area (Å²) < 4.78 is 2.65. The average molecular weight is 608 g/mol. The standard InChI is InChI=1S/C23H14Br2ClN3O3S/c24-14-5-1-12(2-6-14)21(30)28-29-22(31)13-3-8-16(9-4-13)27-23(32)20-19(26)17-10-7-15(25)11-18(17)33-20/h1-11H,(H,27,32)(H,28,30)(H,29,31). The summed E-state index contributed by atoms with van der Waals surface area (Å²) in [6.07, 6.45) is 0. The van der Waals surface area contributed by atoms with Gasteiger partial charge in [-0.2, -0.15) is 0 Å². The minimum Gasteiger partial charge on any atom is -0.321 e. The Morgan fingerprint density at radius 2 is 1.27 bits per heavy atom. The van der Waals surface area contributed by atoms with Crippen molar-refractivity contribution >= 4 is 88.3 Å². The predicted molar refractivity (Wildman–Crippen MR) is 138 cm³/mol. The van der Waals surface area contributed by atoms with Gasteiger partial charge in [-0.05, 0) is 60.7 Å². The van der Waals surface area contributed by atoms with Gasteiger partial charge in [0.05, 0.1) is 5.02 Å². The van der Waals surface area contributed by atoms with Gasteiger partial charge in [-0.3, -0.25) is 25.2 Å². The van der Waals surface area contributed by atoms with Crippen LogP contribution in [0.25, 0.3) is 10.1 Å². The normalized spacial score (nSPS) is 10.6. The van der Waals surface area contributed by atoms with Crippen LogP contribution in [0.15, 0.2) is 75.7 Å². The Morgan fingerprint density at radius 3 is 1.88 bits per heavy atom. The molecule has 10 heteroatoms. The molecule has 0 fully saturated rings. The number of nitrogens with one attached hydrogen (secondary N) is 3. The van der Waals surface area contributed by atoms with Gasteiger partial charge < -0.3 is 5.32 Å². The molecule has 1 heterocycles. The van der Waals surface area contributed by atoms with Crippen molar-refractivity contribution in [2.45, 2.75) is 0 Å². The fourth-order valence-electron chi connectivity index (χ4n) is 2.94. The quantitative estimate of drug-likeness (QED) is 0.235. The molecule has 0 aliphatic rings. The molecule has 3 N–H and O–H groups in total.